The van der Waals surface area contributed by atoms with Crippen molar-refractivity contribution >= 4 is 39.4 Å². The van der Waals surface area contributed by atoms with Gasteiger partial charge in [0.05, 0.1) is 5.52 Å². The second kappa shape index (κ2) is 6.92. The Kier molecular flexibility index (Phi) is 4.48. The summed E-state index contributed by atoms with van der Waals surface area (Å²) in [6.07, 6.45) is 0.793. The number of benzene rings is 3. The molecule has 1 heterocycles. The van der Waals surface area contributed by atoms with Crippen LogP contribution in [-0.4, -0.2) is 4.98 Å². The standard InChI is InChI=1S/C22H18NPS/c25-24(20-10-3-1-4-11-20,21-12-5-2-6-13-21)17-19-16-15-18-9-7-8-14-22(18)23-19/h1-16H,17H2. The van der Waals surface area contributed by atoms with Crippen molar-refractivity contribution in [1.82, 2.24) is 4.98 Å². The molecule has 4 rings (SSSR count). The molecule has 0 saturated carbocycles. The summed E-state index contributed by atoms with van der Waals surface area (Å²) in [6.45, 7) is 0. The number of rotatable bonds is 4. The lowest BCUT2D eigenvalue weighted by molar-refractivity contribution is 1.22. The molecule has 0 aliphatic rings. The highest BCUT2D eigenvalue weighted by molar-refractivity contribution is 8.21. The van der Waals surface area contributed by atoms with Crippen molar-refractivity contribution < 1.29 is 0 Å². The smallest absolute Gasteiger partial charge is 0.0705 e. The molecule has 0 amide bonds. The summed E-state index contributed by atoms with van der Waals surface area (Å²) in [5.41, 5.74) is 2.09. The maximum Gasteiger partial charge on any atom is 0.0705 e. The molecule has 0 radical (unpaired) electrons. The first-order valence-electron chi connectivity index (χ1n) is 8.31. The van der Waals surface area contributed by atoms with Crippen LogP contribution in [0.3, 0.4) is 0 Å². The average molecular weight is 359 g/mol. The molecule has 3 heteroatoms. The first-order valence-corrected chi connectivity index (χ1v) is 11.3. The van der Waals surface area contributed by atoms with E-state index < -0.39 is 6.04 Å². The summed E-state index contributed by atoms with van der Waals surface area (Å²) in [7, 11) is 0. The molecule has 0 atom stereocenters. The zero-order valence-electron chi connectivity index (χ0n) is 13.7. The fourth-order valence-electron chi connectivity index (χ4n) is 3.09. The van der Waals surface area contributed by atoms with Crippen LogP contribution in [0.25, 0.3) is 10.9 Å². The lowest BCUT2D eigenvalue weighted by atomic mass is 10.2. The zero-order valence-corrected chi connectivity index (χ0v) is 15.5. The normalized spacial score (nSPS) is 11.5. The Morgan fingerprint density at radius 1 is 0.640 bits per heavy atom. The Balaban J connectivity index is 1.82. The first-order chi connectivity index (χ1) is 12.3. The molecule has 1 nitrogen and oxygen atoms in total. The maximum absolute atomic E-state index is 6.31. The molecule has 0 aliphatic heterocycles. The second-order valence-electron chi connectivity index (χ2n) is 6.06. The average Bonchev–Trinajstić information content (AvgIpc) is 2.69. The van der Waals surface area contributed by atoms with E-state index in [1.807, 2.05) is 24.3 Å². The van der Waals surface area contributed by atoms with E-state index in [2.05, 4.69) is 72.8 Å². The summed E-state index contributed by atoms with van der Waals surface area (Å²) < 4.78 is 0. The Morgan fingerprint density at radius 3 is 1.84 bits per heavy atom. The highest BCUT2D eigenvalue weighted by Crippen LogP contribution is 2.47. The molecule has 0 saturated heterocycles. The van der Waals surface area contributed by atoms with E-state index in [1.54, 1.807) is 0 Å². The zero-order chi connectivity index (χ0) is 17.1. The molecule has 0 unspecified atom stereocenters. The number of hydrogen-bond acceptors (Lipinski definition) is 2. The highest BCUT2D eigenvalue weighted by atomic mass is 32.4. The van der Waals surface area contributed by atoms with Crippen LogP contribution in [0.2, 0.25) is 0 Å². The van der Waals surface area contributed by atoms with Crippen LogP contribution in [-0.2, 0) is 18.0 Å². The number of nitrogens with zero attached hydrogens (tertiary/aromatic N) is 1. The van der Waals surface area contributed by atoms with Crippen LogP contribution in [0.4, 0.5) is 0 Å². The summed E-state index contributed by atoms with van der Waals surface area (Å²) in [6, 6.07) is 31.6. The summed E-state index contributed by atoms with van der Waals surface area (Å²) >= 11 is 6.31. The van der Waals surface area contributed by atoms with Gasteiger partial charge in [-0.1, -0.05) is 96.7 Å². The molecule has 0 fully saturated rings. The van der Waals surface area contributed by atoms with Gasteiger partial charge in [0.15, 0.2) is 0 Å². The third-order valence-corrected chi connectivity index (χ3v) is 9.07. The van der Waals surface area contributed by atoms with Gasteiger partial charge in [-0.15, -0.1) is 0 Å². The lowest BCUT2D eigenvalue weighted by Gasteiger charge is -2.23. The van der Waals surface area contributed by atoms with Crippen LogP contribution in [0.15, 0.2) is 97.1 Å². The van der Waals surface area contributed by atoms with Gasteiger partial charge >= 0.3 is 0 Å². The number of hydrogen-bond donors (Lipinski definition) is 0. The van der Waals surface area contributed by atoms with Gasteiger partial charge in [-0.3, -0.25) is 4.98 Å². The molecule has 0 aliphatic carbocycles. The molecule has 122 valence electrons. The molecule has 3 aromatic carbocycles. The Bertz CT molecular complexity index is 1000. The maximum atomic E-state index is 6.31. The van der Waals surface area contributed by atoms with E-state index in [9.17, 15) is 0 Å². The van der Waals surface area contributed by atoms with Gasteiger partial charge in [0.2, 0.25) is 0 Å². The molecule has 1 aromatic heterocycles. The fraction of sp³-hybridized carbons (Fsp3) is 0.0455. The topological polar surface area (TPSA) is 12.9 Å². The van der Waals surface area contributed by atoms with Gasteiger partial charge in [-0.05, 0) is 22.7 Å². The minimum Gasteiger partial charge on any atom is -0.252 e. The van der Waals surface area contributed by atoms with E-state index in [0.717, 1.165) is 17.4 Å². The number of pyridine rings is 1. The van der Waals surface area contributed by atoms with Crippen molar-refractivity contribution in [2.75, 3.05) is 0 Å². The third-order valence-electron chi connectivity index (χ3n) is 4.39. The van der Waals surface area contributed by atoms with Crippen molar-refractivity contribution in [1.29, 1.82) is 0 Å². The van der Waals surface area contributed by atoms with Crippen LogP contribution in [0, 0.1) is 0 Å². The molecule has 0 spiro atoms. The number of para-hydroxylation sites is 1. The van der Waals surface area contributed by atoms with Gasteiger partial charge in [-0.2, -0.15) is 0 Å². The van der Waals surface area contributed by atoms with Crippen molar-refractivity contribution in [3.05, 3.63) is 103 Å². The van der Waals surface area contributed by atoms with Gasteiger partial charge in [0.1, 0.15) is 0 Å². The molecule has 0 N–H and O–H groups in total. The predicted octanol–water partition coefficient (Wildman–Crippen LogP) is 4.87. The third kappa shape index (κ3) is 3.28. The molecule has 0 bridgehead atoms. The van der Waals surface area contributed by atoms with Crippen molar-refractivity contribution in [3.8, 4) is 0 Å². The Hall–Kier alpha value is -2.28. The summed E-state index contributed by atoms with van der Waals surface area (Å²) in [5, 5.41) is 3.65. The van der Waals surface area contributed by atoms with E-state index in [-0.39, 0.29) is 0 Å². The Labute approximate surface area is 153 Å². The van der Waals surface area contributed by atoms with Crippen LogP contribution >= 0.6 is 6.04 Å². The van der Waals surface area contributed by atoms with Crippen LogP contribution in [0.1, 0.15) is 5.69 Å². The Morgan fingerprint density at radius 2 is 1.20 bits per heavy atom. The van der Waals surface area contributed by atoms with Crippen LogP contribution in [0.5, 0.6) is 0 Å². The largest absolute Gasteiger partial charge is 0.252 e. The molecule has 25 heavy (non-hydrogen) atoms. The van der Waals surface area contributed by atoms with Crippen molar-refractivity contribution in [2.45, 2.75) is 6.16 Å². The number of fused-ring (bicyclic) bond motifs is 1. The quantitative estimate of drug-likeness (QED) is 0.483. The summed E-state index contributed by atoms with van der Waals surface area (Å²) in [5.74, 6) is 0. The molecular formula is C22H18NPS. The molecule has 4 aromatic rings. The fourth-order valence-corrected chi connectivity index (χ4v) is 6.82. The van der Waals surface area contributed by atoms with E-state index in [4.69, 9.17) is 16.8 Å². The first kappa shape index (κ1) is 16.2. The van der Waals surface area contributed by atoms with E-state index in [0.29, 0.717) is 0 Å². The monoisotopic (exact) mass is 359 g/mol. The lowest BCUT2D eigenvalue weighted by Crippen LogP contribution is -2.17. The van der Waals surface area contributed by atoms with Gasteiger partial charge < -0.3 is 0 Å². The van der Waals surface area contributed by atoms with Crippen LogP contribution < -0.4 is 10.6 Å². The van der Waals surface area contributed by atoms with Crippen molar-refractivity contribution in [2.24, 2.45) is 0 Å². The van der Waals surface area contributed by atoms with Gasteiger partial charge in [0, 0.05) is 23.3 Å². The molecular weight excluding hydrogens is 341 g/mol. The second-order valence-corrected chi connectivity index (χ2v) is 10.8. The predicted molar refractivity (Wildman–Crippen MR) is 112 cm³/mol. The highest BCUT2D eigenvalue weighted by Gasteiger charge is 2.23. The van der Waals surface area contributed by atoms with E-state index in [1.165, 1.54) is 16.0 Å². The minimum atomic E-state index is -1.95. The summed E-state index contributed by atoms with van der Waals surface area (Å²) in [4.78, 5) is 4.87. The SMILES string of the molecule is S=P(Cc1ccc2ccccc2n1)(c1ccccc1)c1ccccc1. The van der Waals surface area contributed by atoms with Gasteiger partial charge in [-0.25, -0.2) is 0 Å². The van der Waals surface area contributed by atoms with Gasteiger partial charge in [0.25, 0.3) is 0 Å². The van der Waals surface area contributed by atoms with E-state index >= 15 is 0 Å². The van der Waals surface area contributed by atoms with Crippen molar-refractivity contribution in [3.63, 3.8) is 0 Å². The number of aromatic nitrogens is 1. The minimum absolute atomic E-state index is 0.793.